The number of fused-ring (bicyclic) bond motifs is 1. The summed E-state index contributed by atoms with van der Waals surface area (Å²) in [4.78, 5) is 11.8. The van der Waals surface area contributed by atoms with Crippen molar-refractivity contribution in [1.82, 2.24) is 0 Å². The van der Waals surface area contributed by atoms with Gasteiger partial charge in [-0.25, -0.2) is 4.79 Å². The minimum atomic E-state index is -0.452. The summed E-state index contributed by atoms with van der Waals surface area (Å²) in [6, 6.07) is 8.34. The number of hydrogen-bond donors (Lipinski definition) is 0. The van der Waals surface area contributed by atoms with E-state index in [-0.39, 0.29) is 5.97 Å². The van der Waals surface area contributed by atoms with Gasteiger partial charge in [-0.2, -0.15) is 0 Å². The molecular weight excluding hydrogens is 236 g/mol. The van der Waals surface area contributed by atoms with E-state index in [1.54, 1.807) is 6.92 Å². The van der Waals surface area contributed by atoms with Crippen LogP contribution < -0.4 is 0 Å². The van der Waals surface area contributed by atoms with Crippen LogP contribution in [0.5, 0.6) is 0 Å². The van der Waals surface area contributed by atoms with Crippen LogP contribution in [0.25, 0.3) is 0 Å². The van der Waals surface area contributed by atoms with Crippen molar-refractivity contribution >= 4 is 5.97 Å². The molecule has 1 aliphatic carbocycles. The summed E-state index contributed by atoms with van der Waals surface area (Å²) in [5.41, 5.74) is 2.62. The third kappa shape index (κ3) is 2.95. The lowest BCUT2D eigenvalue weighted by Crippen LogP contribution is -2.40. The molecule has 19 heavy (non-hydrogen) atoms. The number of rotatable bonds is 4. The first-order chi connectivity index (χ1) is 9.06. The smallest absolute Gasteiger partial charge is 0.333 e. The molecule has 1 aliphatic rings. The molecule has 0 bridgehead atoms. The number of esters is 1. The van der Waals surface area contributed by atoms with Crippen LogP contribution in [0.15, 0.2) is 49.1 Å². The van der Waals surface area contributed by atoms with Crippen molar-refractivity contribution in [2.75, 3.05) is 0 Å². The van der Waals surface area contributed by atoms with Gasteiger partial charge in [0.05, 0.1) is 0 Å². The second-order valence-electron chi connectivity index (χ2n) is 5.29. The van der Waals surface area contributed by atoms with E-state index in [0.29, 0.717) is 12.0 Å². The largest absolute Gasteiger partial charge is 0.455 e. The fraction of sp³-hybridized carbons (Fsp3) is 0.353. The fourth-order valence-corrected chi connectivity index (χ4v) is 2.62. The molecule has 0 spiro atoms. The van der Waals surface area contributed by atoms with E-state index in [4.69, 9.17) is 4.74 Å². The van der Waals surface area contributed by atoms with Gasteiger partial charge in [0, 0.05) is 18.4 Å². The van der Waals surface area contributed by atoms with Crippen molar-refractivity contribution < 1.29 is 9.53 Å². The Labute approximate surface area is 114 Å². The third-order valence-electron chi connectivity index (χ3n) is 3.65. The predicted octanol–water partition coefficient (Wildman–Crippen LogP) is 3.61. The second-order valence-corrected chi connectivity index (χ2v) is 5.29. The van der Waals surface area contributed by atoms with Crippen molar-refractivity contribution in [3.05, 3.63) is 60.2 Å². The highest BCUT2D eigenvalue weighted by Gasteiger charge is 2.36. The number of carbonyl (C=O) groups is 1. The maximum Gasteiger partial charge on any atom is 0.333 e. The van der Waals surface area contributed by atoms with Crippen LogP contribution in [0.4, 0.5) is 0 Å². The molecule has 100 valence electrons. The van der Waals surface area contributed by atoms with Gasteiger partial charge in [-0.1, -0.05) is 36.9 Å². The van der Waals surface area contributed by atoms with E-state index in [2.05, 4.69) is 31.4 Å². The Hall–Kier alpha value is -1.83. The Morgan fingerprint density at radius 1 is 1.42 bits per heavy atom. The van der Waals surface area contributed by atoms with Crippen molar-refractivity contribution in [1.29, 1.82) is 0 Å². The summed E-state index contributed by atoms with van der Waals surface area (Å²) in [5.74, 6) is -0.304. The average Bonchev–Trinajstić information content (AvgIpc) is 2.38. The third-order valence-corrected chi connectivity index (χ3v) is 3.65. The van der Waals surface area contributed by atoms with Crippen molar-refractivity contribution in [3.63, 3.8) is 0 Å². The van der Waals surface area contributed by atoms with E-state index < -0.39 is 5.60 Å². The van der Waals surface area contributed by atoms with Crippen LogP contribution in [0.2, 0.25) is 0 Å². The maximum atomic E-state index is 11.8. The van der Waals surface area contributed by atoms with Gasteiger partial charge in [0.1, 0.15) is 5.60 Å². The Kier molecular flexibility index (Phi) is 3.89. The number of ether oxygens (including phenoxy) is 1. The van der Waals surface area contributed by atoms with Gasteiger partial charge in [0.25, 0.3) is 0 Å². The zero-order valence-corrected chi connectivity index (χ0v) is 11.4. The molecule has 0 radical (unpaired) electrons. The Bertz CT molecular complexity index is 516. The zero-order valence-electron chi connectivity index (χ0n) is 11.4. The maximum absolute atomic E-state index is 11.8. The van der Waals surface area contributed by atoms with Gasteiger partial charge < -0.3 is 4.74 Å². The monoisotopic (exact) mass is 256 g/mol. The predicted molar refractivity (Wildman–Crippen MR) is 76.9 cm³/mol. The van der Waals surface area contributed by atoms with Crippen molar-refractivity contribution in [3.8, 4) is 0 Å². The normalized spacial score (nSPS) is 21.3. The summed E-state index contributed by atoms with van der Waals surface area (Å²) in [7, 11) is 0. The van der Waals surface area contributed by atoms with E-state index in [1.807, 2.05) is 12.1 Å². The van der Waals surface area contributed by atoms with Crippen LogP contribution in [-0.2, 0) is 22.4 Å². The molecule has 2 heteroatoms. The molecule has 1 aromatic carbocycles. The average molecular weight is 256 g/mol. The molecule has 0 N–H and O–H groups in total. The second kappa shape index (κ2) is 5.43. The fourth-order valence-electron chi connectivity index (χ4n) is 2.62. The number of benzene rings is 1. The SMILES string of the molecule is C=CCC1(OC(=O)C(=C)C)CCc2ccccc2C1. The molecule has 0 amide bonds. The summed E-state index contributed by atoms with van der Waals surface area (Å²) in [5, 5.41) is 0. The molecule has 1 unspecified atom stereocenters. The number of carbonyl (C=O) groups excluding carboxylic acids is 1. The van der Waals surface area contributed by atoms with E-state index in [1.165, 1.54) is 11.1 Å². The van der Waals surface area contributed by atoms with E-state index in [9.17, 15) is 4.79 Å². The minimum absolute atomic E-state index is 0.304. The highest BCUT2D eigenvalue weighted by atomic mass is 16.6. The standard InChI is InChI=1S/C17H20O2/c1-4-10-17(19-16(18)13(2)3)11-9-14-7-5-6-8-15(14)12-17/h4-8H,1-2,9-12H2,3H3. The summed E-state index contributed by atoms with van der Waals surface area (Å²) in [6.45, 7) is 9.13. The van der Waals surface area contributed by atoms with Crippen LogP contribution >= 0.6 is 0 Å². The lowest BCUT2D eigenvalue weighted by molar-refractivity contribution is -0.155. The molecule has 0 saturated carbocycles. The molecule has 0 fully saturated rings. The molecule has 0 aromatic heterocycles. The molecule has 2 nitrogen and oxygen atoms in total. The lowest BCUT2D eigenvalue weighted by atomic mass is 9.78. The van der Waals surface area contributed by atoms with Gasteiger partial charge in [-0.15, -0.1) is 6.58 Å². The molecule has 0 aliphatic heterocycles. The Morgan fingerprint density at radius 3 is 2.74 bits per heavy atom. The van der Waals surface area contributed by atoms with Gasteiger partial charge in [-0.05, 0) is 30.9 Å². The molecular formula is C17H20O2. The zero-order chi connectivity index (χ0) is 13.9. The van der Waals surface area contributed by atoms with E-state index in [0.717, 1.165) is 19.3 Å². The first-order valence-corrected chi connectivity index (χ1v) is 6.63. The Morgan fingerprint density at radius 2 is 2.11 bits per heavy atom. The molecule has 1 aromatic rings. The van der Waals surface area contributed by atoms with Crippen molar-refractivity contribution in [2.24, 2.45) is 0 Å². The number of aryl methyl sites for hydroxylation is 1. The quantitative estimate of drug-likeness (QED) is 0.467. The van der Waals surface area contributed by atoms with Crippen molar-refractivity contribution in [2.45, 2.75) is 38.2 Å². The van der Waals surface area contributed by atoms with Gasteiger partial charge in [-0.3, -0.25) is 0 Å². The molecule has 1 atom stereocenters. The Balaban J connectivity index is 2.25. The first kappa shape index (κ1) is 13.6. The van der Waals surface area contributed by atoms with E-state index >= 15 is 0 Å². The highest BCUT2D eigenvalue weighted by Crippen LogP contribution is 2.35. The van der Waals surface area contributed by atoms with Gasteiger partial charge >= 0.3 is 5.97 Å². The topological polar surface area (TPSA) is 26.3 Å². The summed E-state index contributed by atoms with van der Waals surface area (Å²) in [6.07, 6.45) is 5.05. The van der Waals surface area contributed by atoms with Crippen LogP contribution in [0.1, 0.15) is 30.9 Å². The summed E-state index contributed by atoms with van der Waals surface area (Å²) >= 11 is 0. The van der Waals surface area contributed by atoms with Crippen LogP contribution in [-0.4, -0.2) is 11.6 Å². The summed E-state index contributed by atoms with van der Waals surface area (Å²) < 4.78 is 5.73. The highest BCUT2D eigenvalue weighted by molar-refractivity contribution is 5.87. The van der Waals surface area contributed by atoms with Gasteiger partial charge in [0.2, 0.25) is 0 Å². The molecule has 2 rings (SSSR count). The minimum Gasteiger partial charge on any atom is -0.455 e. The molecule has 0 saturated heterocycles. The van der Waals surface area contributed by atoms with Gasteiger partial charge in [0.15, 0.2) is 0 Å². The lowest BCUT2D eigenvalue weighted by Gasteiger charge is -2.37. The molecule has 0 heterocycles. The number of hydrogen-bond acceptors (Lipinski definition) is 2. The van der Waals surface area contributed by atoms with Crippen LogP contribution in [0, 0.1) is 0 Å². The first-order valence-electron chi connectivity index (χ1n) is 6.63. The van der Waals surface area contributed by atoms with Crippen LogP contribution in [0.3, 0.4) is 0 Å².